The van der Waals surface area contributed by atoms with E-state index in [0.29, 0.717) is 19.6 Å². The summed E-state index contributed by atoms with van der Waals surface area (Å²) < 4.78 is 7.06. The van der Waals surface area contributed by atoms with E-state index >= 15 is 0 Å². The molecule has 1 rings (SSSR count). The van der Waals surface area contributed by atoms with Gasteiger partial charge in [0.05, 0.1) is 24.0 Å². The number of rotatable bonds is 7. The Kier molecular flexibility index (Phi) is 5.34. The second kappa shape index (κ2) is 6.36. The summed E-state index contributed by atoms with van der Waals surface area (Å²) in [5.41, 5.74) is 1.22. The average molecular weight is 270 g/mol. The van der Waals surface area contributed by atoms with Crippen molar-refractivity contribution in [2.45, 2.75) is 26.0 Å². The first-order valence-electron chi connectivity index (χ1n) is 6.41. The van der Waals surface area contributed by atoms with Crippen LogP contribution in [0.3, 0.4) is 0 Å². The van der Waals surface area contributed by atoms with Crippen LogP contribution < -0.4 is 10.1 Å². The molecule has 0 aromatic carbocycles. The largest absolute Gasteiger partial charge is 0.481 e. The number of likely N-dealkylation sites (N-methyl/N-ethyl adjacent to an activating group) is 1. The summed E-state index contributed by atoms with van der Waals surface area (Å²) >= 11 is 0. The van der Waals surface area contributed by atoms with Gasteiger partial charge in [-0.3, -0.25) is 0 Å². The van der Waals surface area contributed by atoms with Gasteiger partial charge in [0.25, 0.3) is 0 Å². The van der Waals surface area contributed by atoms with E-state index < -0.39 is 5.60 Å². The molecule has 0 amide bonds. The topological polar surface area (TPSA) is 62.5 Å². The summed E-state index contributed by atoms with van der Waals surface area (Å²) in [7, 11) is 7.39. The monoisotopic (exact) mass is 270 g/mol. The number of nitrogens with one attached hydrogen (secondary N) is 1. The first-order chi connectivity index (χ1) is 8.76. The highest BCUT2D eigenvalue weighted by atomic mass is 16.5. The molecular weight excluding hydrogens is 244 g/mol. The normalized spacial score (nSPS) is 14.7. The van der Waals surface area contributed by atoms with Crippen LogP contribution in [-0.2, 0) is 13.6 Å². The highest BCUT2D eigenvalue weighted by molar-refractivity contribution is 5.30. The smallest absolute Gasteiger partial charge is 0.216 e. The molecule has 6 nitrogen and oxygen atoms in total. The molecule has 0 saturated heterocycles. The quantitative estimate of drug-likeness (QED) is 0.738. The third-order valence-electron chi connectivity index (χ3n) is 2.95. The van der Waals surface area contributed by atoms with Crippen molar-refractivity contribution >= 4 is 0 Å². The third-order valence-corrected chi connectivity index (χ3v) is 2.95. The van der Waals surface area contributed by atoms with Crippen molar-refractivity contribution in [1.82, 2.24) is 20.0 Å². The van der Waals surface area contributed by atoms with Crippen molar-refractivity contribution in [1.29, 1.82) is 0 Å². The minimum Gasteiger partial charge on any atom is -0.481 e. The Bertz CT molecular complexity index is 413. The summed E-state index contributed by atoms with van der Waals surface area (Å²) in [6.07, 6.45) is 0. The molecule has 2 N–H and O–H groups in total. The van der Waals surface area contributed by atoms with Gasteiger partial charge in [-0.15, -0.1) is 0 Å². The Hall–Kier alpha value is -1.11. The van der Waals surface area contributed by atoms with Gasteiger partial charge in [-0.2, -0.15) is 5.10 Å². The van der Waals surface area contributed by atoms with E-state index in [0.717, 1.165) is 17.1 Å². The highest BCUT2D eigenvalue weighted by Gasteiger charge is 2.21. The lowest BCUT2D eigenvalue weighted by Crippen LogP contribution is -2.45. The third kappa shape index (κ3) is 4.49. The van der Waals surface area contributed by atoms with Gasteiger partial charge in [-0.25, -0.2) is 4.68 Å². The summed E-state index contributed by atoms with van der Waals surface area (Å²) in [4.78, 5) is 1.97. The fraction of sp³-hybridized carbons (Fsp3) is 0.769. The first-order valence-corrected chi connectivity index (χ1v) is 6.41. The molecule has 0 fully saturated rings. The molecule has 1 unspecified atom stereocenters. The second-order valence-corrected chi connectivity index (χ2v) is 5.54. The van der Waals surface area contributed by atoms with Crippen LogP contribution >= 0.6 is 0 Å². The maximum atomic E-state index is 10.2. The molecule has 19 heavy (non-hydrogen) atoms. The second-order valence-electron chi connectivity index (χ2n) is 5.54. The van der Waals surface area contributed by atoms with Crippen molar-refractivity contribution in [2.24, 2.45) is 7.05 Å². The minimum atomic E-state index is -0.757. The van der Waals surface area contributed by atoms with Crippen molar-refractivity contribution < 1.29 is 9.84 Å². The van der Waals surface area contributed by atoms with Crippen LogP contribution in [0.4, 0.5) is 0 Å². The lowest BCUT2D eigenvalue weighted by Gasteiger charge is -2.27. The maximum Gasteiger partial charge on any atom is 0.216 e. The molecule has 1 atom stereocenters. The number of methoxy groups -OCH3 is 1. The van der Waals surface area contributed by atoms with Crippen molar-refractivity contribution in [2.75, 3.05) is 34.3 Å². The predicted molar refractivity (Wildman–Crippen MR) is 75.4 cm³/mol. The van der Waals surface area contributed by atoms with E-state index in [2.05, 4.69) is 10.4 Å². The van der Waals surface area contributed by atoms with Crippen LogP contribution in [0.5, 0.6) is 5.88 Å². The fourth-order valence-corrected chi connectivity index (χ4v) is 2.33. The molecule has 1 aromatic rings. The number of nitrogens with zero attached hydrogens (tertiary/aromatic N) is 3. The molecule has 0 bridgehead atoms. The molecule has 0 aliphatic heterocycles. The van der Waals surface area contributed by atoms with E-state index in [1.54, 1.807) is 11.8 Å². The van der Waals surface area contributed by atoms with Crippen LogP contribution in [0.2, 0.25) is 0 Å². The van der Waals surface area contributed by atoms with E-state index in [4.69, 9.17) is 4.74 Å². The number of aryl methyl sites for hydroxylation is 2. The Morgan fingerprint density at radius 2 is 2.11 bits per heavy atom. The van der Waals surface area contributed by atoms with E-state index in [1.807, 2.05) is 39.9 Å². The molecule has 0 aliphatic rings. The Labute approximate surface area is 115 Å². The fourth-order valence-electron chi connectivity index (χ4n) is 2.33. The molecular formula is C13H26N4O2. The predicted octanol–water partition coefficient (Wildman–Crippen LogP) is 0.139. The number of hydrogen-bond donors (Lipinski definition) is 2. The SMILES string of the molecule is COc1c(CNCC(C)(O)CN(C)C)c(C)nn1C. The van der Waals surface area contributed by atoms with Crippen molar-refractivity contribution in [3.05, 3.63) is 11.3 Å². The molecule has 1 heterocycles. The summed E-state index contributed by atoms with van der Waals surface area (Å²) in [5.74, 6) is 0.761. The Morgan fingerprint density at radius 1 is 1.47 bits per heavy atom. The van der Waals surface area contributed by atoms with E-state index in [-0.39, 0.29) is 0 Å². The zero-order valence-electron chi connectivity index (χ0n) is 12.8. The standard InChI is InChI=1S/C13H26N4O2/c1-10-11(12(19-6)17(5)15-10)7-14-8-13(2,18)9-16(3)4/h14,18H,7-9H2,1-6H3. The van der Waals surface area contributed by atoms with Gasteiger partial charge in [0, 0.05) is 26.7 Å². The van der Waals surface area contributed by atoms with Gasteiger partial charge >= 0.3 is 0 Å². The molecule has 0 saturated carbocycles. The number of aromatic nitrogens is 2. The Morgan fingerprint density at radius 3 is 2.63 bits per heavy atom. The molecule has 0 aliphatic carbocycles. The summed E-state index contributed by atoms with van der Waals surface area (Å²) in [6, 6.07) is 0. The zero-order chi connectivity index (χ0) is 14.6. The van der Waals surface area contributed by atoms with E-state index in [1.165, 1.54) is 0 Å². The molecule has 0 radical (unpaired) electrons. The van der Waals surface area contributed by atoms with Crippen LogP contribution in [-0.4, -0.2) is 59.7 Å². The lowest BCUT2D eigenvalue weighted by atomic mass is 10.1. The van der Waals surface area contributed by atoms with Crippen LogP contribution in [0, 0.1) is 6.92 Å². The van der Waals surface area contributed by atoms with Crippen molar-refractivity contribution in [3.63, 3.8) is 0 Å². The molecule has 6 heteroatoms. The minimum absolute atomic E-state index is 0.517. The first kappa shape index (κ1) is 15.9. The van der Waals surface area contributed by atoms with Gasteiger partial charge < -0.3 is 20.1 Å². The van der Waals surface area contributed by atoms with Crippen molar-refractivity contribution in [3.8, 4) is 5.88 Å². The number of hydrogen-bond acceptors (Lipinski definition) is 5. The average Bonchev–Trinajstić information content (AvgIpc) is 2.51. The maximum absolute atomic E-state index is 10.2. The zero-order valence-corrected chi connectivity index (χ0v) is 12.8. The Balaban J connectivity index is 2.58. The highest BCUT2D eigenvalue weighted by Crippen LogP contribution is 2.20. The van der Waals surface area contributed by atoms with Crippen LogP contribution in [0.25, 0.3) is 0 Å². The molecule has 110 valence electrons. The molecule has 1 aromatic heterocycles. The number of aliphatic hydroxyl groups is 1. The van der Waals surface area contributed by atoms with Gasteiger partial charge in [0.2, 0.25) is 5.88 Å². The van der Waals surface area contributed by atoms with Gasteiger partial charge in [0.1, 0.15) is 0 Å². The number of ether oxygens (including phenoxy) is 1. The summed E-state index contributed by atoms with van der Waals surface area (Å²) in [5, 5.41) is 17.8. The van der Waals surface area contributed by atoms with Gasteiger partial charge in [-0.05, 0) is 27.9 Å². The van der Waals surface area contributed by atoms with Crippen LogP contribution in [0.1, 0.15) is 18.2 Å². The molecule has 0 spiro atoms. The lowest BCUT2D eigenvalue weighted by molar-refractivity contribution is 0.0335. The van der Waals surface area contributed by atoms with Crippen LogP contribution in [0.15, 0.2) is 0 Å². The van der Waals surface area contributed by atoms with Gasteiger partial charge in [0.15, 0.2) is 0 Å². The summed E-state index contributed by atoms with van der Waals surface area (Å²) in [6.45, 7) is 5.54. The van der Waals surface area contributed by atoms with E-state index in [9.17, 15) is 5.11 Å². The van der Waals surface area contributed by atoms with Gasteiger partial charge in [-0.1, -0.05) is 0 Å².